The lowest BCUT2D eigenvalue weighted by molar-refractivity contribution is 0.300. The van der Waals surface area contributed by atoms with Crippen LogP contribution in [0.1, 0.15) is 11.4 Å². The lowest BCUT2D eigenvalue weighted by Crippen LogP contribution is -2.16. The average molecular weight is 357 g/mol. The van der Waals surface area contributed by atoms with Gasteiger partial charge in [-0.25, -0.2) is 9.97 Å². The van der Waals surface area contributed by atoms with Crippen LogP contribution in [-0.2, 0) is 12.4 Å². The highest BCUT2D eigenvalue weighted by molar-refractivity contribution is 7.98. The molecule has 0 saturated heterocycles. The largest absolute Gasteiger partial charge is 0.482 e. The number of imidazole rings is 1. The summed E-state index contributed by atoms with van der Waals surface area (Å²) in [4.78, 5) is 26.1. The standard InChI is InChI=1S/C17H19N5O2S/c23-16-14(24-11-13-4-2-1-3-5-13)10-21-17(22-16)20-8-9-25-12-15-18-6-7-19-15/h1-7,10H,8-9,11-12H2,(H,18,19)(H2,20,21,22,23). The summed E-state index contributed by atoms with van der Waals surface area (Å²) in [6.07, 6.45) is 4.99. The predicted octanol–water partition coefficient (Wildman–Crippen LogP) is 2.42. The van der Waals surface area contributed by atoms with Crippen molar-refractivity contribution >= 4 is 17.7 Å². The molecule has 7 nitrogen and oxygen atoms in total. The smallest absolute Gasteiger partial charge is 0.294 e. The molecule has 2 heterocycles. The fraction of sp³-hybridized carbons (Fsp3) is 0.235. The second-order valence-electron chi connectivity index (χ2n) is 5.21. The summed E-state index contributed by atoms with van der Waals surface area (Å²) in [6.45, 7) is 1.03. The third kappa shape index (κ3) is 5.39. The van der Waals surface area contributed by atoms with E-state index < -0.39 is 0 Å². The highest BCUT2D eigenvalue weighted by Gasteiger charge is 2.04. The zero-order chi connectivity index (χ0) is 17.3. The van der Waals surface area contributed by atoms with Gasteiger partial charge < -0.3 is 15.0 Å². The number of ether oxygens (including phenoxy) is 1. The maximum Gasteiger partial charge on any atom is 0.294 e. The molecule has 3 aromatic rings. The van der Waals surface area contributed by atoms with Gasteiger partial charge in [-0.05, 0) is 5.56 Å². The molecule has 3 rings (SSSR count). The van der Waals surface area contributed by atoms with Crippen molar-refractivity contribution in [3.05, 3.63) is 70.7 Å². The van der Waals surface area contributed by atoms with Crippen molar-refractivity contribution in [2.24, 2.45) is 0 Å². The van der Waals surface area contributed by atoms with Gasteiger partial charge in [-0.2, -0.15) is 11.8 Å². The average Bonchev–Trinajstić information content (AvgIpc) is 3.15. The summed E-state index contributed by atoms with van der Waals surface area (Å²) in [7, 11) is 0. The zero-order valence-electron chi connectivity index (χ0n) is 13.6. The van der Waals surface area contributed by atoms with Crippen LogP contribution in [0.15, 0.2) is 53.7 Å². The lowest BCUT2D eigenvalue weighted by Gasteiger charge is -2.07. The molecular weight excluding hydrogens is 338 g/mol. The van der Waals surface area contributed by atoms with Crippen LogP contribution in [0.3, 0.4) is 0 Å². The quantitative estimate of drug-likeness (QED) is 0.509. The number of thioether (sulfide) groups is 1. The zero-order valence-corrected chi connectivity index (χ0v) is 14.4. The van der Waals surface area contributed by atoms with Gasteiger partial charge in [0.1, 0.15) is 12.4 Å². The first-order chi connectivity index (χ1) is 12.3. The van der Waals surface area contributed by atoms with Crippen molar-refractivity contribution in [3.8, 4) is 5.75 Å². The fourth-order valence-corrected chi connectivity index (χ4v) is 2.84. The second-order valence-corrected chi connectivity index (χ2v) is 6.32. The number of benzene rings is 1. The van der Waals surface area contributed by atoms with E-state index in [9.17, 15) is 4.79 Å². The number of hydrogen-bond donors (Lipinski definition) is 3. The van der Waals surface area contributed by atoms with Crippen molar-refractivity contribution in [1.29, 1.82) is 0 Å². The van der Waals surface area contributed by atoms with Gasteiger partial charge in [0.25, 0.3) is 5.56 Å². The van der Waals surface area contributed by atoms with E-state index in [1.54, 1.807) is 18.0 Å². The maximum atomic E-state index is 12.0. The minimum atomic E-state index is -0.295. The fourth-order valence-electron chi connectivity index (χ4n) is 2.10. The Hall–Kier alpha value is -2.74. The number of aromatic nitrogens is 4. The molecule has 1 aromatic carbocycles. The van der Waals surface area contributed by atoms with E-state index >= 15 is 0 Å². The molecule has 8 heteroatoms. The molecule has 0 aliphatic heterocycles. The number of rotatable bonds is 9. The van der Waals surface area contributed by atoms with Crippen molar-refractivity contribution in [3.63, 3.8) is 0 Å². The van der Waals surface area contributed by atoms with Crippen LogP contribution in [-0.4, -0.2) is 32.2 Å². The first-order valence-corrected chi connectivity index (χ1v) is 9.02. The molecule has 130 valence electrons. The normalized spacial score (nSPS) is 10.6. The summed E-state index contributed by atoms with van der Waals surface area (Å²) < 4.78 is 5.51. The van der Waals surface area contributed by atoms with Gasteiger partial charge in [-0.3, -0.25) is 9.78 Å². The number of nitrogens with one attached hydrogen (secondary N) is 3. The Morgan fingerprint density at radius 1 is 1.20 bits per heavy atom. The van der Waals surface area contributed by atoms with Gasteiger partial charge in [-0.1, -0.05) is 30.3 Å². The van der Waals surface area contributed by atoms with E-state index in [1.807, 2.05) is 36.5 Å². The van der Waals surface area contributed by atoms with Gasteiger partial charge in [0.15, 0.2) is 0 Å². The summed E-state index contributed by atoms with van der Waals surface area (Å²) in [5.74, 6) is 3.30. The van der Waals surface area contributed by atoms with Gasteiger partial charge >= 0.3 is 0 Å². The first kappa shape index (κ1) is 17.1. The van der Waals surface area contributed by atoms with E-state index in [0.717, 1.165) is 22.9 Å². The third-order valence-electron chi connectivity index (χ3n) is 3.34. The molecule has 0 radical (unpaired) electrons. The molecule has 3 N–H and O–H groups in total. The lowest BCUT2D eigenvalue weighted by atomic mass is 10.2. The summed E-state index contributed by atoms with van der Waals surface area (Å²) in [5.41, 5.74) is 0.703. The van der Waals surface area contributed by atoms with Crippen LogP contribution in [0, 0.1) is 0 Å². The predicted molar refractivity (Wildman–Crippen MR) is 98.9 cm³/mol. The van der Waals surface area contributed by atoms with Crippen molar-refractivity contribution in [2.45, 2.75) is 12.4 Å². The Kier molecular flexibility index (Phi) is 6.11. The molecule has 2 aromatic heterocycles. The highest BCUT2D eigenvalue weighted by Crippen LogP contribution is 2.09. The van der Waals surface area contributed by atoms with Gasteiger partial charge in [0, 0.05) is 24.7 Å². The molecule has 0 aliphatic rings. The van der Waals surface area contributed by atoms with E-state index in [-0.39, 0.29) is 11.3 Å². The summed E-state index contributed by atoms with van der Waals surface area (Å²) in [5, 5.41) is 3.09. The molecular formula is C17H19N5O2S. The molecule has 0 atom stereocenters. The van der Waals surface area contributed by atoms with Crippen LogP contribution < -0.4 is 15.6 Å². The van der Waals surface area contributed by atoms with Crippen molar-refractivity contribution < 1.29 is 4.74 Å². The second kappa shape index (κ2) is 8.93. The van der Waals surface area contributed by atoms with Gasteiger partial charge in [0.2, 0.25) is 11.7 Å². The minimum Gasteiger partial charge on any atom is -0.482 e. The molecule has 0 amide bonds. The number of anilines is 1. The van der Waals surface area contributed by atoms with Crippen LogP contribution in [0.2, 0.25) is 0 Å². The number of H-pyrrole nitrogens is 2. The van der Waals surface area contributed by atoms with E-state index in [4.69, 9.17) is 4.74 Å². The Balaban J connectivity index is 1.42. The summed E-state index contributed by atoms with van der Waals surface area (Å²) >= 11 is 1.74. The van der Waals surface area contributed by atoms with Gasteiger partial charge in [-0.15, -0.1) is 0 Å². The Morgan fingerprint density at radius 3 is 2.84 bits per heavy atom. The van der Waals surface area contributed by atoms with Gasteiger partial charge in [0.05, 0.1) is 11.9 Å². The number of nitrogens with zero attached hydrogens (tertiary/aromatic N) is 2. The monoisotopic (exact) mass is 357 g/mol. The Bertz CT molecular complexity index is 821. The Labute approximate surface area is 149 Å². The van der Waals surface area contributed by atoms with E-state index in [1.165, 1.54) is 6.20 Å². The molecule has 0 fully saturated rings. The van der Waals surface area contributed by atoms with Crippen LogP contribution in [0.4, 0.5) is 5.95 Å². The minimum absolute atomic E-state index is 0.210. The van der Waals surface area contributed by atoms with E-state index in [0.29, 0.717) is 19.1 Å². The molecule has 0 saturated carbocycles. The molecule has 0 aliphatic carbocycles. The number of aromatic amines is 2. The van der Waals surface area contributed by atoms with Crippen LogP contribution in [0.5, 0.6) is 5.75 Å². The van der Waals surface area contributed by atoms with Crippen LogP contribution >= 0.6 is 11.8 Å². The van der Waals surface area contributed by atoms with Crippen molar-refractivity contribution in [1.82, 2.24) is 19.9 Å². The Morgan fingerprint density at radius 2 is 2.08 bits per heavy atom. The van der Waals surface area contributed by atoms with E-state index in [2.05, 4.69) is 25.3 Å². The van der Waals surface area contributed by atoms with Crippen molar-refractivity contribution in [2.75, 3.05) is 17.6 Å². The molecule has 0 spiro atoms. The summed E-state index contributed by atoms with van der Waals surface area (Å²) in [6, 6.07) is 9.68. The maximum absolute atomic E-state index is 12.0. The number of hydrogen-bond acceptors (Lipinski definition) is 6. The molecule has 0 unspecified atom stereocenters. The SMILES string of the molecule is O=c1[nH]c(NCCSCc2ncc[nH]2)ncc1OCc1ccccc1. The highest BCUT2D eigenvalue weighted by atomic mass is 32.2. The third-order valence-corrected chi connectivity index (χ3v) is 4.31. The molecule has 25 heavy (non-hydrogen) atoms. The molecule has 0 bridgehead atoms. The van der Waals surface area contributed by atoms with Crippen LogP contribution in [0.25, 0.3) is 0 Å². The topological polar surface area (TPSA) is 95.7 Å². The first-order valence-electron chi connectivity index (χ1n) is 7.87.